The molecule has 31 heavy (non-hydrogen) atoms. The van der Waals surface area contributed by atoms with E-state index in [4.69, 9.17) is 18.9 Å². The largest absolute Gasteiger partial charge is 0.459 e. The summed E-state index contributed by atoms with van der Waals surface area (Å²) in [6.45, 7) is 7.28. The molecule has 2 spiro atoms. The molecular formula is C21H30O10. The fourth-order valence-corrected chi connectivity index (χ4v) is 8.25. The van der Waals surface area contributed by atoms with Crippen molar-refractivity contribution in [2.45, 2.75) is 89.7 Å². The molecular weight excluding hydrogens is 412 g/mol. The summed E-state index contributed by atoms with van der Waals surface area (Å²) < 4.78 is 22.8. The number of esters is 2. The van der Waals surface area contributed by atoms with Crippen LogP contribution in [0.15, 0.2) is 0 Å². The quantitative estimate of drug-likeness (QED) is 0.346. The molecule has 6 aliphatic rings. The van der Waals surface area contributed by atoms with E-state index in [1.165, 1.54) is 6.92 Å². The highest BCUT2D eigenvalue weighted by atomic mass is 16.8. The molecule has 4 aliphatic heterocycles. The van der Waals surface area contributed by atoms with Crippen molar-refractivity contribution >= 4 is 11.9 Å². The lowest BCUT2D eigenvalue weighted by molar-refractivity contribution is -0.239. The van der Waals surface area contributed by atoms with Crippen molar-refractivity contribution in [3.05, 3.63) is 0 Å². The minimum absolute atomic E-state index is 0. The second kappa shape index (κ2) is 5.43. The third-order valence-corrected chi connectivity index (χ3v) is 9.15. The van der Waals surface area contributed by atoms with E-state index in [0.29, 0.717) is 0 Å². The van der Waals surface area contributed by atoms with Gasteiger partial charge in [0.15, 0.2) is 12.4 Å². The van der Waals surface area contributed by atoms with Crippen molar-refractivity contribution in [2.24, 2.45) is 28.1 Å². The van der Waals surface area contributed by atoms with Crippen LogP contribution in [0.1, 0.15) is 41.5 Å². The van der Waals surface area contributed by atoms with E-state index in [1.807, 2.05) is 20.8 Å². The Hall–Kier alpha value is -1.30. The van der Waals surface area contributed by atoms with Crippen molar-refractivity contribution in [1.82, 2.24) is 0 Å². The maximum Gasteiger partial charge on any atom is 0.342 e. The molecule has 6 fully saturated rings. The van der Waals surface area contributed by atoms with Gasteiger partial charge in [0, 0.05) is 5.92 Å². The molecule has 2 aliphatic carbocycles. The van der Waals surface area contributed by atoms with Gasteiger partial charge >= 0.3 is 11.9 Å². The third-order valence-electron chi connectivity index (χ3n) is 9.15. The maximum atomic E-state index is 13.4. The molecule has 2 saturated carbocycles. The van der Waals surface area contributed by atoms with Gasteiger partial charge in [0.25, 0.3) is 0 Å². The van der Waals surface area contributed by atoms with Gasteiger partial charge in [0.1, 0.15) is 17.8 Å². The van der Waals surface area contributed by atoms with Crippen LogP contribution in [-0.2, 0) is 28.5 Å². The normalized spacial score (nSPS) is 60.8. The van der Waals surface area contributed by atoms with Crippen LogP contribution in [0.2, 0.25) is 0 Å². The fourth-order valence-electron chi connectivity index (χ4n) is 8.25. The van der Waals surface area contributed by atoms with Crippen LogP contribution in [0.25, 0.3) is 0 Å². The number of hydrogen-bond acceptors (Lipinski definition) is 10. The number of carbonyl (C=O) groups excluding carboxylic acids is 2. The third kappa shape index (κ3) is 1.61. The molecule has 4 saturated heterocycles. The van der Waals surface area contributed by atoms with Crippen LogP contribution in [0, 0.1) is 28.1 Å². The summed E-state index contributed by atoms with van der Waals surface area (Å²) in [5.41, 5.74) is -8.01. The summed E-state index contributed by atoms with van der Waals surface area (Å²) in [4.78, 5) is 25.9. The number of fused-ring (bicyclic) bond motifs is 1. The lowest BCUT2D eigenvalue weighted by Crippen LogP contribution is -2.67. The first-order valence-corrected chi connectivity index (χ1v) is 10.4. The SMILES string of the molecule is C.C[C@@H]1C(O)OC2[C@H](O)C34C5C[C@@H](C(C)(C)C)C36[C@@H](OC(=O)[C@@H]6O)O[C@@]4(C(=O)O5)[C@]21O. The van der Waals surface area contributed by atoms with Crippen molar-refractivity contribution in [3.8, 4) is 0 Å². The molecule has 0 amide bonds. The summed E-state index contributed by atoms with van der Waals surface area (Å²) in [5, 5.41) is 45.1. The molecule has 10 heteroatoms. The van der Waals surface area contributed by atoms with Crippen LogP contribution in [0.3, 0.4) is 0 Å². The molecule has 4 N–H and O–H groups in total. The lowest BCUT2D eigenvalue weighted by Gasteiger charge is -2.47. The molecule has 0 aromatic heterocycles. The minimum atomic E-state index is -2.15. The Morgan fingerprint density at radius 3 is 2.35 bits per heavy atom. The monoisotopic (exact) mass is 442 g/mol. The Kier molecular flexibility index (Phi) is 3.77. The number of aliphatic hydroxyl groups excluding tert-OH is 3. The van der Waals surface area contributed by atoms with Crippen LogP contribution in [0.4, 0.5) is 0 Å². The fraction of sp³-hybridized carbons (Fsp3) is 0.905. The Labute approximate surface area is 179 Å². The van der Waals surface area contributed by atoms with Crippen LogP contribution in [-0.4, -0.2) is 80.6 Å². The lowest BCUT2D eigenvalue weighted by atomic mass is 9.51. The van der Waals surface area contributed by atoms with E-state index in [2.05, 4.69) is 0 Å². The van der Waals surface area contributed by atoms with E-state index < -0.39 is 88.2 Å². The van der Waals surface area contributed by atoms with Crippen molar-refractivity contribution in [1.29, 1.82) is 0 Å². The zero-order valence-electron chi connectivity index (χ0n) is 17.1. The zero-order chi connectivity index (χ0) is 21.8. The molecule has 4 heterocycles. The molecule has 0 aromatic carbocycles. The van der Waals surface area contributed by atoms with E-state index in [-0.39, 0.29) is 13.8 Å². The van der Waals surface area contributed by atoms with Crippen LogP contribution in [0.5, 0.6) is 0 Å². The van der Waals surface area contributed by atoms with Gasteiger partial charge in [-0.2, -0.15) is 0 Å². The van der Waals surface area contributed by atoms with Gasteiger partial charge in [0.2, 0.25) is 11.9 Å². The first kappa shape index (κ1) is 21.5. The van der Waals surface area contributed by atoms with Gasteiger partial charge in [-0.25, -0.2) is 9.59 Å². The molecule has 0 aromatic rings. The Morgan fingerprint density at radius 2 is 1.74 bits per heavy atom. The number of rotatable bonds is 0. The van der Waals surface area contributed by atoms with E-state index in [9.17, 15) is 30.0 Å². The van der Waals surface area contributed by atoms with E-state index in [0.717, 1.165) is 0 Å². The second-order valence-electron chi connectivity index (χ2n) is 10.8. The zero-order valence-corrected chi connectivity index (χ0v) is 17.1. The van der Waals surface area contributed by atoms with E-state index in [1.54, 1.807) is 0 Å². The van der Waals surface area contributed by atoms with Crippen LogP contribution >= 0.6 is 0 Å². The number of ether oxygens (including phenoxy) is 4. The van der Waals surface area contributed by atoms with Gasteiger partial charge in [-0.1, -0.05) is 35.1 Å². The predicted molar refractivity (Wildman–Crippen MR) is 99.7 cm³/mol. The van der Waals surface area contributed by atoms with Crippen LogP contribution < -0.4 is 0 Å². The molecule has 5 unspecified atom stereocenters. The van der Waals surface area contributed by atoms with Crippen molar-refractivity contribution in [2.75, 3.05) is 0 Å². The summed E-state index contributed by atoms with van der Waals surface area (Å²) in [5.74, 6) is -3.26. The molecule has 174 valence electrons. The summed E-state index contributed by atoms with van der Waals surface area (Å²) >= 11 is 0. The average molecular weight is 442 g/mol. The van der Waals surface area contributed by atoms with E-state index >= 15 is 0 Å². The maximum absolute atomic E-state index is 13.4. The number of carbonyl (C=O) groups is 2. The van der Waals surface area contributed by atoms with Gasteiger partial charge in [-0.3, -0.25) is 0 Å². The number of aliphatic hydroxyl groups is 4. The second-order valence-corrected chi connectivity index (χ2v) is 10.8. The number of hydrogen-bond donors (Lipinski definition) is 4. The van der Waals surface area contributed by atoms with Crippen molar-refractivity contribution in [3.63, 3.8) is 0 Å². The molecule has 12 atom stereocenters. The average Bonchev–Trinajstić information content (AvgIpc) is 3.35. The molecule has 0 radical (unpaired) electrons. The Balaban J connectivity index is 0.00000204. The highest BCUT2D eigenvalue weighted by molar-refractivity contribution is 5.91. The summed E-state index contributed by atoms with van der Waals surface area (Å²) in [6, 6.07) is 0. The van der Waals surface area contributed by atoms with Gasteiger partial charge in [-0.05, 0) is 17.8 Å². The standard InChI is InChI=1S/C20H26O10.CH4/c1-6-12(23)28-11-9(21)18-8-5-7(16(2,3)4)17(18)10(22)13(24)29-15(17)30-20(18,14(25)27-8)19(6,11)26;/h6-12,15,21-23,26H,5H2,1-4H3;1H4/t6-,7+,8?,9+,10+,11?,12?,15+,17?,18?,19-,20-;/m1./s1. The molecule has 6 rings (SSSR count). The Bertz CT molecular complexity index is 884. The Morgan fingerprint density at radius 1 is 1.10 bits per heavy atom. The van der Waals surface area contributed by atoms with Crippen molar-refractivity contribution < 1.29 is 49.0 Å². The van der Waals surface area contributed by atoms with Gasteiger partial charge < -0.3 is 39.4 Å². The summed E-state index contributed by atoms with van der Waals surface area (Å²) in [7, 11) is 0. The highest BCUT2D eigenvalue weighted by Gasteiger charge is 3.03. The first-order chi connectivity index (χ1) is 13.8. The first-order valence-electron chi connectivity index (χ1n) is 10.4. The molecule has 10 nitrogen and oxygen atoms in total. The van der Waals surface area contributed by atoms with Gasteiger partial charge in [-0.15, -0.1) is 0 Å². The van der Waals surface area contributed by atoms with Gasteiger partial charge in [0.05, 0.1) is 16.9 Å². The minimum Gasteiger partial charge on any atom is -0.459 e. The smallest absolute Gasteiger partial charge is 0.342 e. The predicted octanol–water partition coefficient (Wildman–Crippen LogP) is -0.942. The highest BCUT2D eigenvalue weighted by Crippen LogP contribution is 2.84. The molecule has 0 bridgehead atoms. The summed E-state index contributed by atoms with van der Waals surface area (Å²) in [6.07, 6.45) is -8.09. The topological polar surface area (TPSA) is 152 Å².